The summed E-state index contributed by atoms with van der Waals surface area (Å²) in [5.41, 5.74) is 6.13. The molecule has 1 aliphatic heterocycles. The Bertz CT molecular complexity index is 1450. The topological polar surface area (TPSA) is 86.0 Å². The van der Waals surface area contributed by atoms with E-state index in [2.05, 4.69) is 34.8 Å². The number of carbonyl (C=O) groups is 2. The van der Waals surface area contributed by atoms with E-state index in [0.29, 0.717) is 33.7 Å². The van der Waals surface area contributed by atoms with E-state index in [0.717, 1.165) is 29.8 Å². The molecule has 6 nitrogen and oxygen atoms in total. The first-order chi connectivity index (χ1) is 20.7. The lowest BCUT2D eigenvalue weighted by Gasteiger charge is -2.11. The van der Waals surface area contributed by atoms with Gasteiger partial charge in [-0.2, -0.15) is 0 Å². The molecule has 2 heterocycles. The molecule has 0 atom stereocenters. The number of nitrogens with one attached hydrogen (secondary N) is 4. The van der Waals surface area contributed by atoms with Gasteiger partial charge in [0.1, 0.15) is 5.82 Å². The lowest BCUT2D eigenvalue weighted by atomic mass is 9.93. The molecule has 4 N–H and O–H groups in total. The summed E-state index contributed by atoms with van der Waals surface area (Å²) < 4.78 is 14.7. The van der Waals surface area contributed by atoms with E-state index in [1.165, 1.54) is 6.07 Å². The molecule has 4 rings (SSSR count). The van der Waals surface area contributed by atoms with Gasteiger partial charge in [-0.05, 0) is 69.6 Å². The highest BCUT2D eigenvalue weighted by molar-refractivity contribution is 6.12. The molecule has 2 aromatic carbocycles. The minimum absolute atomic E-state index is 0.0358. The van der Waals surface area contributed by atoms with E-state index < -0.39 is 0 Å². The van der Waals surface area contributed by atoms with Gasteiger partial charge in [-0.25, -0.2) is 4.39 Å². The predicted molar refractivity (Wildman–Crippen MR) is 178 cm³/mol. The first kappa shape index (κ1) is 35.0. The number of benzene rings is 2. The third-order valence-electron chi connectivity index (χ3n) is 6.62. The molecule has 230 valence electrons. The van der Waals surface area contributed by atoms with E-state index in [4.69, 9.17) is 0 Å². The summed E-state index contributed by atoms with van der Waals surface area (Å²) in [6, 6.07) is 16.3. The minimum Gasteiger partial charge on any atom is -0.361 e. The summed E-state index contributed by atoms with van der Waals surface area (Å²) in [5.74, 6) is -0.687. The minimum atomic E-state index is -0.347. The Morgan fingerprint density at radius 2 is 1.63 bits per heavy atom. The molecule has 2 amide bonds. The summed E-state index contributed by atoms with van der Waals surface area (Å²) in [4.78, 5) is 28.9. The second kappa shape index (κ2) is 17.7. The van der Waals surface area contributed by atoms with Crippen molar-refractivity contribution in [2.75, 3.05) is 13.1 Å². The molecule has 1 aromatic heterocycles. The number of hydrogen-bond donors (Lipinski definition) is 4. The van der Waals surface area contributed by atoms with Crippen molar-refractivity contribution < 1.29 is 14.0 Å². The highest BCUT2D eigenvalue weighted by Crippen LogP contribution is 2.37. The van der Waals surface area contributed by atoms with Crippen molar-refractivity contribution in [2.24, 2.45) is 0 Å². The number of H-pyrrole nitrogens is 1. The summed E-state index contributed by atoms with van der Waals surface area (Å²) >= 11 is 0. The van der Waals surface area contributed by atoms with E-state index in [1.807, 2.05) is 84.1 Å². The van der Waals surface area contributed by atoms with Crippen molar-refractivity contribution in [2.45, 2.75) is 67.9 Å². The van der Waals surface area contributed by atoms with Crippen LogP contribution in [0.25, 0.3) is 22.8 Å². The normalized spacial score (nSPS) is 15.4. The van der Waals surface area contributed by atoms with Crippen LogP contribution in [0.3, 0.4) is 0 Å². The van der Waals surface area contributed by atoms with Gasteiger partial charge in [0.05, 0.1) is 12.0 Å². The van der Waals surface area contributed by atoms with Gasteiger partial charge in [0.2, 0.25) is 5.91 Å². The van der Waals surface area contributed by atoms with Crippen LogP contribution in [-0.2, 0) is 16.0 Å². The van der Waals surface area contributed by atoms with Crippen LogP contribution in [0.1, 0.15) is 72.2 Å². The van der Waals surface area contributed by atoms with E-state index >= 15 is 0 Å². The zero-order valence-electron chi connectivity index (χ0n) is 26.8. The zero-order valence-corrected chi connectivity index (χ0v) is 26.8. The van der Waals surface area contributed by atoms with Gasteiger partial charge in [0, 0.05) is 40.3 Å². The van der Waals surface area contributed by atoms with Crippen LogP contribution in [-0.4, -0.2) is 35.9 Å². The average Bonchev–Trinajstić information content (AvgIpc) is 3.54. The van der Waals surface area contributed by atoms with Crippen LogP contribution in [0.15, 0.2) is 83.7 Å². The smallest absolute Gasteiger partial charge is 0.256 e. The second-order valence-electron chi connectivity index (χ2n) is 10.0. The van der Waals surface area contributed by atoms with Crippen molar-refractivity contribution in [1.82, 2.24) is 20.9 Å². The van der Waals surface area contributed by atoms with Crippen LogP contribution in [0, 0.1) is 5.82 Å². The van der Waals surface area contributed by atoms with Crippen LogP contribution in [0.5, 0.6) is 0 Å². The van der Waals surface area contributed by atoms with Gasteiger partial charge in [-0.15, -0.1) is 0 Å². The van der Waals surface area contributed by atoms with Crippen LogP contribution >= 0.6 is 0 Å². The van der Waals surface area contributed by atoms with Crippen molar-refractivity contribution in [3.63, 3.8) is 0 Å². The van der Waals surface area contributed by atoms with E-state index in [9.17, 15) is 14.0 Å². The molecule has 0 aliphatic carbocycles. The zero-order chi connectivity index (χ0) is 31.9. The Kier molecular flexibility index (Phi) is 14.4. The fraction of sp³-hybridized carbons (Fsp3) is 0.333. The number of hydrogen-bond acceptors (Lipinski definition) is 3. The van der Waals surface area contributed by atoms with Gasteiger partial charge < -0.3 is 20.9 Å². The number of allylic oxidation sites excluding steroid dienone is 3. The van der Waals surface area contributed by atoms with Gasteiger partial charge in [-0.3, -0.25) is 9.59 Å². The maximum atomic E-state index is 14.7. The van der Waals surface area contributed by atoms with Crippen molar-refractivity contribution >= 4 is 23.5 Å². The second-order valence-corrected chi connectivity index (χ2v) is 10.0. The first-order valence-electron chi connectivity index (χ1n) is 15.1. The maximum absolute atomic E-state index is 14.7. The average molecular weight is 587 g/mol. The van der Waals surface area contributed by atoms with Crippen molar-refractivity contribution in [3.05, 3.63) is 106 Å². The first-order valence-corrected chi connectivity index (χ1v) is 15.1. The van der Waals surface area contributed by atoms with Crippen LogP contribution < -0.4 is 16.0 Å². The number of amides is 2. The monoisotopic (exact) mass is 586 g/mol. The molecular formula is C36H47FN4O2. The lowest BCUT2D eigenvalue weighted by molar-refractivity contribution is -0.121. The van der Waals surface area contributed by atoms with Crippen LogP contribution in [0.4, 0.5) is 4.39 Å². The maximum Gasteiger partial charge on any atom is 0.256 e. The molecule has 1 saturated heterocycles. The van der Waals surface area contributed by atoms with Crippen molar-refractivity contribution in [3.8, 4) is 11.1 Å². The molecule has 0 saturated carbocycles. The largest absolute Gasteiger partial charge is 0.361 e. The fourth-order valence-electron chi connectivity index (χ4n) is 4.79. The van der Waals surface area contributed by atoms with E-state index in [-0.39, 0.29) is 30.1 Å². The van der Waals surface area contributed by atoms with Gasteiger partial charge in [0.25, 0.3) is 5.91 Å². The number of aromatic amines is 1. The third-order valence-corrected chi connectivity index (χ3v) is 6.62. The molecule has 1 fully saturated rings. The Labute approximate surface area is 256 Å². The quantitative estimate of drug-likeness (QED) is 0.207. The summed E-state index contributed by atoms with van der Waals surface area (Å²) in [5, 5.41) is 8.96. The number of halogens is 1. The Hall–Kier alpha value is -4.23. The SMILES string of the molecule is C/C=C1/NC(=O)C(=C\c2[nH]cc(CC(=O)NC(C)C)c2-c2ccccc2)/C1=C(/C)c1ccccc1F.CC.CCNCC. The molecule has 3 aromatic rings. The van der Waals surface area contributed by atoms with Crippen molar-refractivity contribution in [1.29, 1.82) is 0 Å². The molecule has 0 spiro atoms. The summed E-state index contributed by atoms with van der Waals surface area (Å²) in [7, 11) is 0. The highest BCUT2D eigenvalue weighted by atomic mass is 19.1. The Balaban J connectivity index is 0.000000836. The summed E-state index contributed by atoms with van der Waals surface area (Å²) in [6.07, 6.45) is 5.61. The molecule has 43 heavy (non-hydrogen) atoms. The van der Waals surface area contributed by atoms with Gasteiger partial charge in [0.15, 0.2) is 0 Å². The molecule has 1 aliphatic rings. The van der Waals surface area contributed by atoms with E-state index in [1.54, 1.807) is 24.3 Å². The number of carbonyl (C=O) groups excluding carboxylic acids is 2. The fourth-order valence-corrected chi connectivity index (χ4v) is 4.79. The number of rotatable bonds is 8. The Morgan fingerprint density at radius 1 is 1.00 bits per heavy atom. The molecular weight excluding hydrogens is 539 g/mol. The van der Waals surface area contributed by atoms with Crippen LogP contribution in [0.2, 0.25) is 0 Å². The lowest BCUT2D eigenvalue weighted by Crippen LogP contribution is -2.31. The number of aromatic nitrogens is 1. The van der Waals surface area contributed by atoms with Gasteiger partial charge >= 0.3 is 0 Å². The third kappa shape index (κ3) is 9.38. The predicted octanol–water partition coefficient (Wildman–Crippen LogP) is 7.42. The molecule has 0 bridgehead atoms. The molecule has 7 heteroatoms. The Morgan fingerprint density at radius 3 is 2.19 bits per heavy atom. The van der Waals surface area contributed by atoms with Gasteiger partial charge in [-0.1, -0.05) is 82.3 Å². The standard InChI is InChI=1S/C30H30FN3O2.C4H11N.C2H6/c1-5-25-28(19(4)22-13-9-10-14-24(22)31)23(30(36)34-25)16-26-29(20-11-7-6-8-12-20)21(17-32-26)15-27(35)33-18(2)3;1-3-5-4-2;1-2/h5-14,16-18,32H,15H2,1-4H3,(H,33,35)(H,34,36);5H,3-4H2,1-2H3;1-2H3/b23-16-,25-5+,28-19+;;. The summed E-state index contributed by atoms with van der Waals surface area (Å²) in [6.45, 7) is 17.9. The molecule has 0 radical (unpaired) electrons. The molecule has 0 unspecified atom stereocenters. The highest BCUT2D eigenvalue weighted by Gasteiger charge is 2.30.